The van der Waals surface area contributed by atoms with Crippen LogP contribution in [0.5, 0.6) is 0 Å². The van der Waals surface area contributed by atoms with Gasteiger partial charge in [0.1, 0.15) is 11.3 Å². The molecule has 3 rings (SSSR count). The van der Waals surface area contributed by atoms with Gasteiger partial charge in [-0.1, -0.05) is 23.7 Å². The van der Waals surface area contributed by atoms with Gasteiger partial charge in [-0.25, -0.2) is 9.97 Å². The van der Waals surface area contributed by atoms with Crippen molar-refractivity contribution in [2.24, 2.45) is 0 Å². The zero-order valence-corrected chi connectivity index (χ0v) is 12.5. The summed E-state index contributed by atoms with van der Waals surface area (Å²) in [6, 6.07) is 9.73. The molecule has 3 aromatic rings. The summed E-state index contributed by atoms with van der Waals surface area (Å²) in [5.41, 5.74) is 4.03. The van der Waals surface area contributed by atoms with Crippen LogP contribution in [-0.2, 0) is 12.4 Å². The highest BCUT2D eigenvalue weighted by Gasteiger charge is 2.12. The zero-order chi connectivity index (χ0) is 14.1. The largest absolute Gasteiger partial charge is 0.307 e. The predicted molar refractivity (Wildman–Crippen MR) is 82.4 cm³/mol. The quantitative estimate of drug-likeness (QED) is 0.680. The number of hydrogen-bond donors (Lipinski definition) is 0. The molecule has 2 aromatic heterocycles. The number of aromatic nitrogens is 3. The zero-order valence-electron chi connectivity index (χ0n) is 11.0. The first-order chi connectivity index (χ1) is 9.69. The second kappa shape index (κ2) is 5.43. The summed E-state index contributed by atoms with van der Waals surface area (Å²) < 4.78 is 2.05. The molecule has 0 bridgehead atoms. The molecule has 0 fully saturated rings. The maximum atomic E-state index is 6.02. The van der Waals surface area contributed by atoms with Crippen LogP contribution in [0.25, 0.3) is 11.2 Å². The fraction of sp³-hybridized carbons (Fsp3) is 0.200. The summed E-state index contributed by atoms with van der Waals surface area (Å²) >= 11 is 11.9. The van der Waals surface area contributed by atoms with Crippen LogP contribution < -0.4 is 0 Å². The molecule has 0 spiro atoms. The minimum Gasteiger partial charge on any atom is -0.307 e. The number of halogens is 2. The molecular weight excluding hydrogens is 293 g/mol. The van der Waals surface area contributed by atoms with Crippen LogP contribution in [-0.4, -0.2) is 14.5 Å². The molecule has 0 N–H and O–H groups in total. The molecule has 20 heavy (non-hydrogen) atoms. The van der Waals surface area contributed by atoms with Crippen molar-refractivity contribution in [1.29, 1.82) is 0 Å². The summed E-state index contributed by atoms with van der Waals surface area (Å²) in [5.74, 6) is 1.20. The fourth-order valence-corrected chi connectivity index (χ4v) is 2.55. The van der Waals surface area contributed by atoms with E-state index in [4.69, 9.17) is 23.2 Å². The van der Waals surface area contributed by atoms with E-state index in [2.05, 4.69) is 14.5 Å². The van der Waals surface area contributed by atoms with Gasteiger partial charge < -0.3 is 4.57 Å². The van der Waals surface area contributed by atoms with E-state index in [-0.39, 0.29) is 0 Å². The van der Waals surface area contributed by atoms with E-state index >= 15 is 0 Å². The van der Waals surface area contributed by atoms with Gasteiger partial charge in [-0.2, -0.15) is 0 Å². The van der Waals surface area contributed by atoms with Gasteiger partial charge in [0.2, 0.25) is 0 Å². The van der Waals surface area contributed by atoms with Crippen LogP contribution in [0.1, 0.15) is 17.0 Å². The Balaban J connectivity index is 2.10. The molecule has 102 valence electrons. The van der Waals surface area contributed by atoms with Crippen LogP contribution in [0.3, 0.4) is 0 Å². The Labute approximate surface area is 127 Å². The number of imidazole rings is 1. The average molecular weight is 306 g/mol. The molecule has 0 saturated carbocycles. The topological polar surface area (TPSA) is 30.7 Å². The molecule has 0 aliphatic heterocycles. The van der Waals surface area contributed by atoms with Crippen LogP contribution in [0, 0.1) is 6.92 Å². The highest BCUT2D eigenvalue weighted by Crippen LogP contribution is 2.20. The number of alkyl halides is 1. The van der Waals surface area contributed by atoms with Crippen molar-refractivity contribution in [3.8, 4) is 0 Å². The molecule has 0 aliphatic rings. The number of pyridine rings is 1. The number of nitrogens with zero attached hydrogens (tertiary/aromatic N) is 3. The smallest absolute Gasteiger partial charge is 0.160 e. The number of fused-ring (bicyclic) bond motifs is 1. The molecule has 2 heterocycles. The number of benzene rings is 1. The normalized spacial score (nSPS) is 11.2. The first-order valence-electron chi connectivity index (χ1n) is 6.30. The Bertz CT molecular complexity index is 748. The van der Waals surface area contributed by atoms with Crippen LogP contribution >= 0.6 is 23.2 Å². The highest BCUT2D eigenvalue weighted by atomic mass is 35.5. The summed E-state index contributed by atoms with van der Waals surface area (Å²) in [5, 5.41) is 0.732. The van der Waals surface area contributed by atoms with E-state index in [0.717, 1.165) is 33.1 Å². The lowest BCUT2D eigenvalue weighted by atomic mass is 10.2. The van der Waals surface area contributed by atoms with Crippen molar-refractivity contribution in [3.05, 3.63) is 58.5 Å². The summed E-state index contributed by atoms with van der Waals surface area (Å²) in [4.78, 5) is 9.03. The van der Waals surface area contributed by atoms with Crippen molar-refractivity contribution in [1.82, 2.24) is 14.5 Å². The van der Waals surface area contributed by atoms with Gasteiger partial charge in [0.15, 0.2) is 5.65 Å². The van der Waals surface area contributed by atoms with Crippen molar-refractivity contribution < 1.29 is 0 Å². The monoisotopic (exact) mass is 305 g/mol. The van der Waals surface area contributed by atoms with Crippen molar-refractivity contribution in [2.75, 3.05) is 0 Å². The van der Waals surface area contributed by atoms with Crippen molar-refractivity contribution in [2.45, 2.75) is 19.3 Å². The Hall–Kier alpha value is -1.58. The van der Waals surface area contributed by atoms with Crippen LogP contribution in [0.2, 0.25) is 5.02 Å². The SMILES string of the molecule is Cc1ccnc2c1nc(CCl)n2Cc1ccc(Cl)cc1. The first kappa shape index (κ1) is 13.4. The molecular formula is C15H13Cl2N3. The van der Waals surface area contributed by atoms with Gasteiger partial charge in [0, 0.05) is 11.2 Å². The minimum atomic E-state index is 0.364. The Morgan fingerprint density at radius 1 is 1.15 bits per heavy atom. The molecule has 0 radical (unpaired) electrons. The van der Waals surface area contributed by atoms with E-state index in [1.807, 2.05) is 37.3 Å². The Morgan fingerprint density at radius 2 is 1.90 bits per heavy atom. The van der Waals surface area contributed by atoms with E-state index < -0.39 is 0 Å². The lowest BCUT2D eigenvalue weighted by molar-refractivity contribution is 0.770. The van der Waals surface area contributed by atoms with Crippen LogP contribution in [0.15, 0.2) is 36.5 Å². The molecule has 0 amide bonds. The van der Waals surface area contributed by atoms with E-state index in [1.54, 1.807) is 6.20 Å². The molecule has 1 aromatic carbocycles. The van der Waals surface area contributed by atoms with Gasteiger partial charge >= 0.3 is 0 Å². The predicted octanol–water partition coefficient (Wildman–Crippen LogP) is 4.18. The van der Waals surface area contributed by atoms with E-state index in [1.165, 1.54) is 0 Å². The molecule has 3 nitrogen and oxygen atoms in total. The van der Waals surface area contributed by atoms with Gasteiger partial charge in [-0.05, 0) is 36.2 Å². The average Bonchev–Trinajstić information content (AvgIpc) is 2.81. The van der Waals surface area contributed by atoms with Crippen molar-refractivity contribution in [3.63, 3.8) is 0 Å². The van der Waals surface area contributed by atoms with Gasteiger partial charge in [0.05, 0.1) is 12.4 Å². The van der Waals surface area contributed by atoms with Crippen molar-refractivity contribution >= 4 is 34.4 Å². The summed E-state index contributed by atoms with van der Waals surface area (Å²) in [6.45, 7) is 2.72. The van der Waals surface area contributed by atoms with E-state index in [9.17, 15) is 0 Å². The number of aryl methyl sites for hydroxylation is 1. The van der Waals surface area contributed by atoms with Gasteiger partial charge in [-0.3, -0.25) is 0 Å². The van der Waals surface area contributed by atoms with E-state index in [0.29, 0.717) is 12.4 Å². The third kappa shape index (κ3) is 2.39. The third-order valence-corrected chi connectivity index (χ3v) is 3.78. The molecule has 0 atom stereocenters. The fourth-order valence-electron chi connectivity index (χ4n) is 2.22. The second-order valence-electron chi connectivity index (χ2n) is 4.67. The lowest BCUT2D eigenvalue weighted by Gasteiger charge is -2.07. The molecule has 0 unspecified atom stereocenters. The molecule has 0 saturated heterocycles. The Kier molecular flexibility index (Phi) is 3.64. The first-order valence-corrected chi connectivity index (χ1v) is 7.21. The maximum absolute atomic E-state index is 6.02. The maximum Gasteiger partial charge on any atom is 0.160 e. The number of rotatable bonds is 3. The summed E-state index contributed by atoms with van der Waals surface area (Å²) in [7, 11) is 0. The molecule has 0 aliphatic carbocycles. The summed E-state index contributed by atoms with van der Waals surface area (Å²) in [6.07, 6.45) is 1.80. The minimum absolute atomic E-state index is 0.364. The lowest BCUT2D eigenvalue weighted by Crippen LogP contribution is -2.04. The highest BCUT2D eigenvalue weighted by molar-refractivity contribution is 6.30. The van der Waals surface area contributed by atoms with Gasteiger partial charge in [0.25, 0.3) is 0 Å². The standard InChI is InChI=1S/C15H13Cl2N3/c1-10-6-7-18-15-14(10)19-13(8-16)20(15)9-11-2-4-12(17)5-3-11/h2-7H,8-9H2,1H3. The Morgan fingerprint density at radius 3 is 2.60 bits per heavy atom. The van der Waals surface area contributed by atoms with Gasteiger partial charge in [-0.15, -0.1) is 11.6 Å². The third-order valence-electron chi connectivity index (χ3n) is 3.29. The van der Waals surface area contributed by atoms with Crippen LogP contribution in [0.4, 0.5) is 0 Å². The second-order valence-corrected chi connectivity index (χ2v) is 5.38. The number of hydrogen-bond acceptors (Lipinski definition) is 2. The molecule has 5 heteroatoms.